The van der Waals surface area contributed by atoms with Gasteiger partial charge in [-0.15, -0.1) is 0 Å². The van der Waals surface area contributed by atoms with Crippen molar-refractivity contribution in [2.75, 3.05) is 6.54 Å². The van der Waals surface area contributed by atoms with Crippen LogP contribution < -0.4 is 0 Å². The van der Waals surface area contributed by atoms with Crippen molar-refractivity contribution in [3.63, 3.8) is 0 Å². The van der Waals surface area contributed by atoms with E-state index < -0.39 is 17.8 Å². The molecule has 0 aliphatic carbocycles. The van der Waals surface area contributed by atoms with Crippen molar-refractivity contribution in [2.24, 2.45) is 0 Å². The fraction of sp³-hybridized carbons (Fsp3) is 0.444. The summed E-state index contributed by atoms with van der Waals surface area (Å²) < 4.78 is 0. The molecule has 0 N–H and O–H groups in total. The zero-order valence-electron chi connectivity index (χ0n) is 8.49. The molecule has 0 atom stereocenters. The lowest BCUT2D eigenvalue weighted by Crippen LogP contribution is -2.38. The normalized spacial score (nSPS) is 16.9. The SMILES string of the molecule is C=C(Cl)CN1C(=O)C(=O)N(C(C)C)C1=O. The van der Waals surface area contributed by atoms with E-state index >= 15 is 0 Å². The molecule has 0 bridgehead atoms. The molecule has 1 heterocycles. The number of hydrogen-bond donors (Lipinski definition) is 0. The molecule has 4 amide bonds. The fourth-order valence-electron chi connectivity index (χ4n) is 1.29. The number of hydrogen-bond acceptors (Lipinski definition) is 3. The van der Waals surface area contributed by atoms with Gasteiger partial charge in [0.1, 0.15) is 0 Å². The summed E-state index contributed by atoms with van der Waals surface area (Å²) in [7, 11) is 0. The molecule has 0 aromatic heterocycles. The first kappa shape index (κ1) is 11.7. The lowest BCUT2D eigenvalue weighted by atomic mass is 10.3. The van der Waals surface area contributed by atoms with Crippen molar-refractivity contribution >= 4 is 29.4 Å². The van der Waals surface area contributed by atoms with Gasteiger partial charge in [0.05, 0.1) is 6.54 Å². The van der Waals surface area contributed by atoms with Gasteiger partial charge in [0.15, 0.2) is 0 Å². The molecule has 0 radical (unpaired) electrons. The second-order valence-corrected chi connectivity index (χ2v) is 3.99. The molecule has 0 aromatic rings. The molecule has 82 valence electrons. The van der Waals surface area contributed by atoms with E-state index in [1.54, 1.807) is 13.8 Å². The minimum Gasteiger partial charge on any atom is -0.263 e. The molecule has 1 fully saturated rings. The first-order chi connectivity index (χ1) is 6.86. The van der Waals surface area contributed by atoms with Crippen LogP contribution in [0.2, 0.25) is 0 Å². The van der Waals surface area contributed by atoms with Crippen LogP contribution in [-0.2, 0) is 9.59 Å². The van der Waals surface area contributed by atoms with Gasteiger partial charge in [0.2, 0.25) is 0 Å². The first-order valence-electron chi connectivity index (χ1n) is 4.38. The van der Waals surface area contributed by atoms with Crippen molar-refractivity contribution in [1.82, 2.24) is 9.80 Å². The molecule has 15 heavy (non-hydrogen) atoms. The number of rotatable bonds is 3. The van der Waals surface area contributed by atoms with Crippen LogP contribution in [0.4, 0.5) is 4.79 Å². The minimum absolute atomic E-state index is 0.131. The summed E-state index contributed by atoms with van der Waals surface area (Å²) in [5.41, 5.74) is 0. The number of urea groups is 1. The van der Waals surface area contributed by atoms with Crippen molar-refractivity contribution in [3.05, 3.63) is 11.6 Å². The van der Waals surface area contributed by atoms with Crippen LogP contribution in [0, 0.1) is 0 Å². The van der Waals surface area contributed by atoms with Crippen molar-refractivity contribution in [3.8, 4) is 0 Å². The van der Waals surface area contributed by atoms with Crippen LogP contribution in [0.15, 0.2) is 11.6 Å². The number of carbonyl (C=O) groups is 3. The third-order valence-electron chi connectivity index (χ3n) is 1.93. The highest BCUT2D eigenvalue weighted by atomic mass is 35.5. The van der Waals surface area contributed by atoms with Gasteiger partial charge in [-0.25, -0.2) is 4.79 Å². The predicted octanol–water partition coefficient (Wildman–Crippen LogP) is 0.938. The van der Waals surface area contributed by atoms with Crippen LogP contribution in [0.5, 0.6) is 0 Å². The Morgan fingerprint density at radius 2 is 1.87 bits per heavy atom. The largest absolute Gasteiger partial charge is 0.334 e. The highest BCUT2D eigenvalue weighted by Gasteiger charge is 2.45. The van der Waals surface area contributed by atoms with E-state index in [4.69, 9.17) is 11.6 Å². The number of halogens is 1. The van der Waals surface area contributed by atoms with Crippen LogP contribution in [0.1, 0.15) is 13.8 Å². The molecule has 1 aliphatic rings. The standard InChI is InChI=1S/C9H11ClN2O3/c1-5(2)12-8(14)7(13)11(9(12)15)4-6(3)10/h5H,3-4H2,1-2H3. The van der Waals surface area contributed by atoms with Crippen LogP contribution in [0.3, 0.4) is 0 Å². The van der Waals surface area contributed by atoms with Gasteiger partial charge in [0.25, 0.3) is 0 Å². The van der Waals surface area contributed by atoms with E-state index in [0.29, 0.717) is 0 Å². The predicted molar refractivity (Wildman–Crippen MR) is 54.1 cm³/mol. The van der Waals surface area contributed by atoms with E-state index in [2.05, 4.69) is 6.58 Å². The van der Waals surface area contributed by atoms with Crippen molar-refractivity contribution in [2.45, 2.75) is 19.9 Å². The van der Waals surface area contributed by atoms with Crippen LogP contribution in [0.25, 0.3) is 0 Å². The molecule has 1 rings (SSSR count). The summed E-state index contributed by atoms with van der Waals surface area (Å²) in [6.45, 7) is 6.55. The maximum absolute atomic E-state index is 11.6. The molecule has 0 spiro atoms. The van der Waals surface area contributed by atoms with E-state index in [-0.39, 0.29) is 17.6 Å². The van der Waals surface area contributed by atoms with Gasteiger partial charge >= 0.3 is 17.8 Å². The Morgan fingerprint density at radius 1 is 1.33 bits per heavy atom. The van der Waals surface area contributed by atoms with Crippen LogP contribution >= 0.6 is 11.6 Å². The first-order valence-corrected chi connectivity index (χ1v) is 4.76. The molecule has 1 saturated heterocycles. The average Bonchev–Trinajstić information content (AvgIpc) is 2.29. The van der Waals surface area contributed by atoms with Gasteiger partial charge in [-0.2, -0.15) is 0 Å². The van der Waals surface area contributed by atoms with Gasteiger partial charge in [0, 0.05) is 11.1 Å². The Balaban J connectivity index is 2.95. The van der Waals surface area contributed by atoms with E-state index in [9.17, 15) is 14.4 Å². The highest BCUT2D eigenvalue weighted by molar-refractivity contribution is 6.45. The van der Waals surface area contributed by atoms with Crippen molar-refractivity contribution < 1.29 is 14.4 Å². The summed E-state index contributed by atoms with van der Waals surface area (Å²) in [4.78, 5) is 36.1. The van der Waals surface area contributed by atoms with E-state index in [1.165, 1.54) is 0 Å². The maximum Gasteiger partial charge on any atom is 0.334 e. The zero-order chi connectivity index (χ0) is 11.7. The third kappa shape index (κ3) is 2.02. The topological polar surface area (TPSA) is 57.7 Å². The minimum atomic E-state index is -0.851. The highest BCUT2D eigenvalue weighted by Crippen LogP contribution is 2.17. The molecule has 0 aromatic carbocycles. The molecular formula is C9H11ClN2O3. The Kier molecular flexibility index (Phi) is 3.14. The van der Waals surface area contributed by atoms with Gasteiger partial charge in [-0.3, -0.25) is 19.4 Å². The maximum atomic E-state index is 11.6. The molecular weight excluding hydrogens is 220 g/mol. The summed E-state index contributed by atoms with van der Waals surface area (Å²) in [6, 6.07) is -0.982. The lowest BCUT2D eigenvalue weighted by molar-refractivity contribution is -0.143. The lowest BCUT2D eigenvalue weighted by Gasteiger charge is -2.17. The van der Waals surface area contributed by atoms with Gasteiger partial charge in [-0.05, 0) is 13.8 Å². The molecule has 1 aliphatic heterocycles. The second kappa shape index (κ2) is 4.02. The van der Waals surface area contributed by atoms with Gasteiger partial charge in [-0.1, -0.05) is 18.2 Å². The molecule has 5 nitrogen and oxygen atoms in total. The summed E-state index contributed by atoms with van der Waals surface area (Å²) in [5.74, 6) is -1.66. The average molecular weight is 231 g/mol. The fourth-order valence-corrected chi connectivity index (χ4v) is 1.41. The Hall–Kier alpha value is -1.36. The number of carbonyl (C=O) groups excluding carboxylic acids is 3. The Bertz CT molecular complexity index is 351. The second-order valence-electron chi connectivity index (χ2n) is 3.46. The Morgan fingerprint density at radius 3 is 2.20 bits per heavy atom. The van der Waals surface area contributed by atoms with Crippen LogP contribution in [-0.4, -0.2) is 40.2 Å². The van der Waals surface area contributed by atoms with Crippen molar-refractivity contribution in [1.29, 1.82) is 0 Å². The molecule has 0 unspecified atom stereocenters. The van der Waals surface area contributed by atoms with Gasteiger partial charge < -0.3 is 0 Å². The quantitative estimate of drug-likeness (QED) is 0.536. The number of imide groups is 2. The summed E-state index contributed by atoms with van der Waals surface area (Å²) in [5, 5.41) is 0.134. The Labute approximate surface area is 92.3 Å². The molecule has 0 saturated carbocycles. The summed E-state index contributed by atoms with van der Waals surface area (Å²) >= 11 is 5.49. The smallest absolute Gasteiger partial charge is 0.263 e. The third-order valence-corrected chi connectivity index (χ3v) is 2.05. The number of nitrogens with zero attached hydrogens (tertiary/aromatic N) is 2. The van der Waals surface area contributed by atoms with E-state index in [1.807, 2.05) is 0 Å². The number of amides is 4. The van der Waals surface area contributed by atoms with E-state index in [0.717, 1.165) is 9.80 Å². The molecule has 6 heteroatoms. The summed E-state index contributed by atoms with van der Waals surface area (Å²) in [6.07, 6.45) is 0. The monoisotopic (exact) mass is 230 g/mol. The zero-order valence-corrected chi connectivity index (χ0v) is 9.24.